The summed E-state index contributed by atoms with van der Waals surface area (Å²) < 4.78 is 13.7. The average molecular weight is 276 g/mol. The average Bonchev–Trinajstić information content (AvgIpc) is 2.45. The topological polar surface area (TPSA) is 81.0 Å². The number of nitrogens with one attached hydrogen (secondary N) is 1. The molecule has 0 radical (unpaired) electrons. The van der Waals surface area contributed by atoms with Crippen LogP contribution in [0.15, 0.2) is 30.6 Å². The fourth-order valence-electron chi connectivity index (χ4n) is 1.69. The summed E-state index contributed by atoms with van der Waals surface area (Å²) in [7, 11) is 0. The van der Waals surface area contributed by atoms with Gasteiger partial charge in [0.05, 0.1) is 22.9 Å². The lowest BCUT2D eigenvalue weighted by molar-refractivity contribution is -0.384. The molecule has 2 aromatic rings. The SMILES string of the molecule is CCCNc1cc([N+](=O)[O-])cc(-c2ccncc2F)n1. The minimum atomic E-state index is -0.568. The molecule has 20 heavy (non-hydrogen) atoms. The van der Waals surface area contributed by atoms with Crippen molar-refractivity contribution in [1.82, 2.24) is 9.97 Å². The predicted molar refractivity (Wildman–Crippen MR) is 72.9 cm³/mol. The first kappa shape index (κ1) is 13.9. The van der Waals surface area contributed by atoms with Gasteiger partial charge in [0.1, 0.15) is 5.82 Å². The van der Waals surface area contributed by atoms with Crippen LogP contribution in [0.1, 0.15) is 13.3 Å². The molecule has 0 aliphatic rings. The fraction of sp³-hybridized carbons (Fsp3) is 0.231. The third kappa shape index (κ3) is 3.05. The normalized spacial score (nSPS) is 10.3. The van der Waals surface area contributed by atoms with Gasteiger partial charge in [-0.2, -0.15) is 0 Å². The minimum absolute atomic E-state index is 0.134. The van der Waals surface area contributed by atoms with E-state index in [0.717, 1.165) is 12.6 Å². The second-order valence-electron chi connectivity index (χ2n) is 4.14. The Kier molecular flexibility index (Phi) is 4.19. The van der Waals surface area contributed by atoms with E-state index in [1.54, 1.807) is 0 Å². The summed E-state index contributed by atoms with van der Waals surface area (Å²) in [5, 5.41) is 13.9. The molecule has 0 aliphatic carbocycles. The smallest absolute Gasteiger partial charge is 0.275 e. The van der Waals surface area contributed by atoms with E-state index in [1.165, 1.54) is 24.4 Å². The number of nitrogens with zero attached hydrogens (tertiary/aromatic N) is 3. The van der Waals surface area contributed by atoms with Gasteiger partial charge in [0.2, 0.25) is 0 Å². The maximum Gasteiger partial charge on any atom is 0.275 e. The molecule has 0 spiro atoms. The highest BCUT2D eigenvalue weighted by molar-refractivity contribution is 5.65. The second-order valence-corrected chi connectivity index (χ2v) is 4.14. The minimum Gasteiger partial charge on any atom is -0.370 e. The van der Waals surface area contributed by atoms with E-state index in [9.17, 15) is 14.5 Å². The summed E-state index contributed by atoms with van der Waals surface area (Å²) in [6.45, 7) is 2.60. The van der Waals surface area contributed by atoms with Crippen LogP contribution >= 0.6 is 0 Å². The van der Waals surface area contributed by atoms with E-state index >= 15 is 0 Å². The molecule has 0 saturated heterocycles. The number of halogens is 1. The molecular formula is C13H13FN4O2. The van der Waals surface area contributed by atoms with Crippen LogP contribution in [0.2, 0.25) is 0 Å². The Morgan fingerprint density at radius 2 is 2.25 bits per heavy atom. The first-order valence-electron chi connectivity index (χ1n) is 6.12. The van der Waals surface area contributed by atoms with Crippen LogP contribution in [0, 0.1) is 15.9 Å². The highest BCUT2D eigenvalue weighted by Gasteiger charge is 2.14. The maximum atomic E-state index is 13.7. The van der Waals surface area contributed by atoms with E-state index < -0.39 is 10.7 Å². The number of aromatic nitrogens is 2. The molecule has 0 aliphatic heterocycles. The molecule has 2 heterocycles. The number of hydrogen-bond acceptors (Lipinski definition) is 5. The molecule has 2 rings (SSSR count). The quantitative estimate of drug-likeness (QED) is 0.670. The first-order valence-corrected chi connectivity index (χ1v) is 6.12. The third-order valence-electron chi connectivity index (χ3n) is 2.63. The van der Waals surface area contributed by atoms with E-state index in [-0.39, 0.29) is 16.9 Å². The van der Waals surface area contributed by atoms with Crippen molar-refractivity contribution in [2.45, 2.75) is 13.3 Å². The van der Waals surface area contributed by atoms with Gasteiger partial charge in [0, 0.05) is 24.4 Å². The largest absolute Gasteiger partial charge is 0.370 e. The van der Waals surface area contributed by atoms with Crippen LogP contribution in [-0.2, 0) is 0 Å². The fourth-order valence-corrected chi connectivity index (χ4v) is 1.69. The van der Waals surface area contributed by atoms with E-state index in [2.05, 4.69) is 15.3 Å². The Hall–Kier alpha value is -2.57. The van der Waals surface area contributed by atoms with Crippen molar-refractivity contribution in [2.75, 3.05) is 11.9 Å². The lowest BCUT2D eigenvalue weighted by Crippen LogP contribution is -2.04. The molecular weight excluding hydrogens is 263 g/mol. The molecule has 0 bridgehead atoms. The monoisotopic (exact) mass is 276 g/mol. The van der Waals surface area contributed by atoms with Gasteiger partial charge < -0.3 is 5.32 Å². The van der Waals surface area contributed by atoms with Crippen LogP contribution in [0.4, 0.5) is 15.9 Å². The van der Waals surface area contributed by atoms with Crippen molar-refractivity contribution in [3.63, 3.8) is 0 Å². The van der Waals surface area contributed by atoms with Crippen LogP contribution in [0.5, 0.6) is 0 Å². The Balaban J connectivity index is 2.49. The van der Waals surface area contributed by atoms with Crippen molar-refractivity contribution >= 4 is 11.5 Å². The Labute approximate surface area is 114 Å². The Morgan fingerprint density at radius 3 is 2.90 bits per heavy atom. The van der Waals surface area contributed by atoms with Crippen molar-refractivity contribution in [2.24, 2.45) is 0 Å². The zero-order chi connectivity index (χ0) is 14.5. The third-order valence-corrected chi connectivity index (χ3v) is 2.63. The summed E-state index contributed by atoms with van der Waals surface area (Å²) >= 11 is 0. The molecule has 0 aromatic carbocycles. The van der Waals surface area contributed by atoms with Gasteiger partial charge in [0.15, 0.2) is 5.82 Å². The van der Waals surface area contributed by atoms with Crippen LogP contribution in [0.25, 0.3) is 11.3 Å². The van der Waals surface area contributed by atoms with Crippen LogP contribution in [0.3, 0.4) is 0 Å². The number of pyridine rings is 2. The zero-order valence-corrected chi connectivity index (χ0v) is 10.8. The molecule has 1 N–H and O–H groups in total. The number of anilines is 1. The van der Waals surface area contributed by atoms with Crippen molar-refractivity contribution < 1.29 is 9.31 Å². The van der Waals surface area contributed by atoms with E-state index in [1.807, 2.05) is 6.92 Å². The molecule has 2 aromatic heterocycles. The van der Waals surface area contributed by atoms with E-state index in [0.29, 0.717) is 12.4 Å². The zero-order valence-electron chi connectivity index (χ0n) is 10.8. The summed E-state index contributed by atoms with van der Waals surface area (Å²) in [5.41, 5.74) is 0.255. The maximum absolute atomic E-state index is 13.7. The van der Waals surface area contributed by atoms with Crippen molar-refractivity contribution in [1.29, 1.82) is 0 Å². The van der Waals surface area contributed by atoms with Gasteiger partial charge in [-0.3, -0.25) is 15.1 Å². The van der Waals surface area contributed by atoms with Crippen LogP contribution in [-0.4, -0.2) is 21.4 Å². The van der Waals surface area contributed by atoms with E-state index in [4.69, 9.17) is 0 Å². The second kappa shape index (κ2) is 6.05. The summed E-state index contributed by atoms with van der Waals surface area (Å²) in [5.74, 6) is -0.214. The van der Waals surface area contributed by atoms with Gasteiger partial charge in [0.25, 0.3) is 5.69 Å². The highest BCUT2D eigenvalue weighted by Crippen LogP contribution is 2.26. The number of rotatable bonds is 5. The Bertz CT molecular complexity index is 634. The van der Waals surface area contributed by atoms with Crippen LogP contribution < -0.4 is 5.32 Å². The molecule has 0 amide bonds. The molecule has 104 valence electrons. The van der Waals surface area contributed by atoms with Crippen molar-refractivity contribution in [3.8, 4) is 11.3 Å². The summed E-state index contributed by atoms with van der Waals surface area (Å²) in [6.07, 6.45) is 3.32. The lowest BCUT2D eigenvalue weighted by Gasteiger charge is -2.07. The number of hydrogen-bond donors (Lipinski definition) is 1. The molecule has 6 nitrogen and oxygen atoms in total. The molecule has 0 unspecified atom stereocenters. The van der Waals surface area contributed by atoms with Gasteiger partial charge in [-0.25, -0.2) is 9.37 Å². The molecule has 0 fully saturated rings. The highest BCUT2D eigenvalue weighted by atomic mass is 19.1. The molecule has 7 heteroatoms. The lowest BCUT2D eigenvalue weighted by atomic mass is 10.1. The Morgan fingerprint density at radius 1 is 1.45 bits per heavy atom. The van der Waals surface area contributed by atoms with Gasteiger partial charge >= 0.3 is 0 Å². The molecule has 0 saturated carbocycles. The summed E-state index contributed by atoms with van der Waals surface area (Å²) in [4.78, 5) is 18.3. The number of nitro groups is 1. The summed E-state index contributed by atoms with van der Waals surface area (Å²) in [6, 6.07) is 4.01. The first-order chi connectivity index (χ1) is 9.61. The van der Waals surface area contributed by atoms with Gasteiger partial charge in [-0.05, 0) is 12.5 Å². The standard InChI is InChI=1S/C13H13FN4O2/c1-2-4-16-13-7-9(18(19)20)6-12(17-13)10-3-5-15-8-11(10)14/h3,5-8H,2,4H2,1H3,(H,16,17). The van der Waals surface area contributed by atoms with Crippen molar-refractivity contribution in [3.05, 3.63) is 46.5 Å². The molecule has 0 atom stereocenters. The van der Waals surface area contributed by atoms with Gasteiger partial charge in [-0.1, -0.05) is 6.92 Å². The van der Waals surface area contributed by atoms with Gasteiger partial charge in [-0.15, -0.1) is 0 Å². The predicted octanol–water partition coefficient (Wildman–Crippen LogP) is 3.01.